The Hall–Kier alpha value is -1.65. The smallest absolute Gasteiger partial charge is 0.241 e. The molecule has 0 radical (unpaired) electrons. The number of aryl methyl sites for hydroxylation is 3. The van der Waals surface area contributed by atoms with Crippen molar-refractivity contribution in [1.82, 2.24) is 15.2 Å². The molecule has 1 heterocycles. The summed E-state index contributed by atoms with van der Waals surface area (Å²) in [5, 5.41) is 8.13. The van der Waals surface area contributed by atoms with Crippen LogP contribution < -0.4 is 5.43 Å². The second kappa shape index (κ2) is 5.44. The van der Waals surface area contributed by atoms with Crippen molar-refractivity contribution in [1.29, 1.82) is 0 Å². The van der Waals surface area contributed by atoms with Crippen LogP contribution in [0.2, 0.25) is 0 Å². The van der Waals surface area contributed by atoms with E-state index < -0.39 is 0 Å². The van der Waals surface area contributed by atoms with Crippen molar-refractivity contribution in [2.75, 3.05) is 0 Å². The van der Waals surface area contributed by atoms with Crippen molar-refractivity contribution < 1.29 is 4.79 Å². The van der Waals surface area contributed by atoms with E-state index in [0.29, 0.717) is 13.0 Å². The highest BCUT2D eigenvalue weighted by molar-refractivity contribution is 5.82. The third-order valence-corrected chi connectivity index (χ3v) is 2.06. The molecule has 0 spiro atoms. The fourth-order valence-electron chi connectivity index (χ4n) is 1.34. The predicted molar refractivity (Wildman–Crippen MR) is 63.2 cm³/mol. The van der Waals surface area contributed by atoms with Crippen LogP contribution in [0, 0.1) is 13.8 Å². The third kappa shape index (κ3) is 3.84. The van der Waals surface area contributed by atoms with Gasteiger partial charge in [-0.1, -0.05) is 0 Å². The van der Waals surface area contributed by atoms with Crippen molar-refractivity contribution in [2.24, 2.45) is 5.10 Å². The molecule has 0 atom stereocenters. The number of nitrogens with one attached hydrogen (secondary N) is 1. The molecule has 0 bridgehead atoms. The lowest BCUT2D eigenvalue weighted by Gasteiger charge is -2.03. The number of aromatic nitrogens is 2. The molecule has 5 nitrogen and oxygen atoms in total. The van der Waals surface area contributed by atoms with Crippen molar-refractivity contribution in [3.63, 3.8) is 0 Å². The van der Waals surface area contributed by atoms with Gasteiger partial charge in [0.15, 0.2) is 0 Å². The van der Waals surface area contributed by atoms with E-state index in [1.807, 2.05) is 38.4 Å². The predicted octanol–water partition coefficient (Wildman–Crippen LogP) is 1.40. The molecule has 88 valence electrons. The van der Waals surface area contributed by atoms with Gasteiger partial charge in [0.25, 0.3) is 0 Å². The first-order valence-electron chi connectivity index (χ1n) is 5.30. The third-order valence-electron chi connectivity index (χ3n) is 2.06. The molecule has 0 fully saturated rings. The lowest BCUT2D eigenvalue weighted by atomic mass is 10.4. The van der Waals surface area contributed by atoms with Crippen molar-refractivity contribution in [2.45, 2.75) is 40.7 Å². The van der Waals surface area contributed by atoms with Crippen molar-refractivity contribution in [3.05, 3.63) is 17.5 Å². The zero-order chi connectivity index (χ0) is 12.1. The fraction of sp³-hybridized carbons (Fsp3) is 0.545. The maximum Gasteiger partial charge on any atom is 0.241 e. The normalized spacial score (nSPS) is 10.0. The van der Waals surface area contributed by atoms with Gasteiger partial charge in [-0.15, -0.1) is 0 Å². The number of carbonyl (C=O) groups is 1. The SMILES string of the molecule is CC(C)=NNC(=O)CCn1nc(C)cc1C. The molecule has 16 heavy (non-hydrogen) atoms. The number of nitrogens with zero attached hydrogens (tertiary/aromatic N) is 3. The molecule has 1 aromatic rings. The summed E-state index contributed by atoms with van der Waals surface area (Å²) >= 11 is 0. The lowest BCUT2D eigenvalue weighted by molar-refractivity contribution is -0.121. The quantitative estimate of drug-likeness (QED) is 0.618. The molecule has 0 saturated carbocycles. The van der Waals surface area contributed by atoms with Crippen LogP contribution in [0.25, 0.3) is 0 Å². The molecule has 0 aliphatic carbocycles. The van der Waals surface area contributed by atoms with E-state index in [2.05, 4.69) is 15.6 Å². The van der Waals surface area contributed by atoms with Gasteiger partial charge in [0.05, 0.1) is 12.2 Å². The highest BCUT2D eigenvalue weighted by atomic mass is 16.2. The maximum atomic E-state index is 11.4. The first kappa shape index (κ1) is 12.4. The Labute approximate surface area is 95.5 Å². The van der Waals surface area contributed by atoms with Crippen LogP contribution >= 0.6 is 0 Å². The van der Waals surface area contributed by atoms with Gasteiger partial charge in [0.1, 0.15) is 0 Å². The molecule has 1 N–H and O–H groups in total. The Morgan fingerprint density at radius 3 is 2.69 bits per heavy atom. The molecule has 1 rings (SSSR count). The van der Waals surface area contributed by atoms with Gasteiger partial charge in [0.2, 0.25) is 5.91 Å². The molecule has 5 heteroatoms. The number of hydrazone groups is 1. The summed E-state index contributed by atoms with van der Waals surface area (Å²) in [6.07, 6.45) is 0.388. The van der Waals surface area contributed by atoms with Crippen LogP contribution in [0.15, 0.2) is 11.2 Å². The van der Waals surface area contributed by atoms with E-state index in [4.69, 9.17) is 0 Å². The van der Waals surface area contributed by atoms with E-state index in [0.717, 1.165) is 17.1 Å². The molecular formula is C11H18N4O. The molecule has 1 amide bonds. The Morgan fingerprint density at radius 1 is 1.50 bits per heavy atom. The van der Waals surface area contributed by atoms with E-state index >= 15 is 0 Å². The first-order valence-corrected chi connectivity index (χ1v) is 5.30. The van der Waals surface area contributed by atoms with Gasteiger partial charge in [-0.3, -0.25) is 9.48 Å². The first-order chi connectivity index (χ1) is 7.49. The lowest BCUT2D eigenvalue weighted by Crippen LogP contribution is -2.20. The molecule has 0 unspecified atom stereocenters. The van der Waals surface area contributed by atoms with Crippen molar-refractivity contribution >= 4 is 11.6 Å². The topological polar surface area (TPSA) is 59.3 Å². The largest absolute Gasteiger partial charge is 0.273 e. The van der Waals surface area contributed by atoms with Crippen LogP contribution in [-0.2, 0) is 11.3 Å². The second-order valence-electron chi connectivity index (χ2n) is 3.99. The highest BCUT2D eigenvalue weighted by Gasteiger charge is 2.04. The Balaban J connectivity index is 2.43. The standard InChI is InChI=1S/C11H18N4O/c1-8(2)12-13-11(16)5-6-15-10(4)7-9(3)14-15/h7H,5-6H2,1-4H3,(H,13,16). The Bertz CT molecular complexity index is 402. The summed E-state index contributed by atoms with van der Waals surface area (Å²) in [5.41, 5.74) is 5.36. The maximum absolute atomic E-state index is 11.4. The van der Waals surface area contributed by atoms with Crippen LogP contribution in [-0.4, -0.2) is 21.4 Å². The Kier molecular flexibility index (Phi) is 4.22. The number of amides is 1. The molecular weight excluding hydrogens is 204 g/mol. The zero-order valence-electron chi connectivity index (χ0n) is 10.2. The van der Waals surface area contributed by atoms with Crippen LogP contribution in [0.5, 0.6) is 0 Å². The van der Waals surface area contributed by atoms with Gasteiger partial charge in [-0.25, -0.2) is 5.43 Å². The fourth-order valence-corrected chi connectivity index (χ4v) is 1.34. The summed E-state index contributed by atoms with van der Waals surface area (Å²) < 4.78 is 1.83. The molecule has 0 aliphatic heterocycles. The molecule has 1 aromatic heterocycles. The minimum atomic E-state index is -0.0891. The summed E-state index contributed by atoms with van der Waals surface area (Å²) in [4.78, 5) is 11.4. The second-order valence-corrected chi connectivity index (χ2v) is 3.99. The van der Waals surface area contributed by atoms with Gasteiger partial charge in [-0.2, -0.15) is 10.2 Å². The molecule has 0 aromatic carbocycles. The van der Waals surface area contributed by atoms with E-state index in [1.54, 1.807) is 0 Å². The minimum absolute atomic E-state index is 0.0891. The number of carbonyl (C=O) groups excluding carboxylic acids is 1. The average Bonchev–Trinajstić information content (AvgIpc) is 2.51. The minimum Gasteiger partial charge on any atom is -0.273 e. The molecule has 0 aliphatic rings. The number of hydrogen-bond acceptors (Lipinski definition) is 3. The number of hydrogen-bond donors (Lipinski definition) is 1. The van der Waals surface area contributed by atoms with Gasteiger partial charge in [-0.05, 0) is 33.8 Å². The van der Waals surface area contributed by atoms with Gasteiger partial charge < -0.3 is 0 Å². The summed E-state index contributed by atoms with van der Waals surface area (Å²) in [5.74, 6) is -0.0891. The van der Waals surface area contributed by atoms with Gasteiger partial charge >= 0.3 is 0 Å². The van der Waals surface area contributed by atoms with Crippen LogP contribution in [0.1, 0.15) is 31.7 Å². The zero-order valence-corrected chi connectivity index (χ0v) is 10.2. The molecule has 0 saturated heterocycles. The van der Waals surface area contributed by atoms with E-state index in [-0.39, 0.29) is 5.91 Å². The van der Waals surface area contributed by atoms with Crippen molar-refractivity contribution in [3.8, 4) is 0 Å². The summed E-state index contributed by atoms with van der Waals surface area (Å²) in [6.45, 7) is 8.17. The summed E-state index contributed by atoms with van der Waals surface area (Å²) in [6, 6.07) is 1.99. The van der Waals surface area contributed by atoms with E-state index in [9.17, 15) is 4.79 Å². The Morgan fingerprint density at radius 2 is 2.19 bits per heavy atom. The van der Waals surface area contributed by atoms with Crippen LogP contribution in [0.4, 0.5) is 0 Å². The van der Waals surface area contributed by atoms with Crippen LogP contribution in [0.3, 0.4) is 0 Å². The van der Waals surface area contributed by atoms with Gasteiger partial charge in [0, 0.05) is 17.8 Å². The highest BCUT2D eigenvalue weighted by Crippen LogP contribution is 2.02. The monoisotopic (exact) mass is 222 g/mol. The number of rotatable bonds is 4. The average molecular weight is 222 g/mol. The summed E-state index contributed by atoms with van der Waals surface area (Å²) in [7, 11) is 0. The van der Waals surface area contributed by atoms with E-state index in [1.165, 1.54) is 0 Å².